The number of thiophene rings is 1. The van der Waals surface area contributed by atoms with Crippen LogP contribution in [0.25, 0.3) is 0 Å². The Hall–Kier alpha value is -2.86. The van der Waals surface area contributed by atoms with Crippen molar-refractivity contribution in [2.75, 3.05) is 13.2 Å². The number of ether oxygens (including phenoxy) is 1. The molecule has 0 bridgehead atoms. The van der Waals surface area contributed by atoms with Crippen LogP contribution in [0.15, 0.2) is 47.8 Å². The molecule has 0 aliphatic carbocycles. The summed E-state index contributed by atoms with van der Waals surface area (Å²) in [5.41, 5.74) is 4.83. The van der Waals surface area contributed by atoms with Crippen LogP contribution in [0, 0.1) is 13.8 Å². The van der Waals surface area contributed by atoms with Crippen molar-refractivity contribution in [3.63, 3.8) is 0 Å². The van der Waals surface area contributed by atoms with Gasteiger partial charge in [0.1, 0.15) is 0 Å². The summed E-state index contributed by atoms with van der Waals surface area (Å²) >= 11 is 1.69. The van der Waals surface area contributed by atoms with Gasteiger partial charge in [-0.3, -0.25) is 4.79 Å². The summed E-state index contributed by atoms with van der Waals surface area (Å²) in [5, 5.41) is 2.04. The van der Waals surface area contributed by atoms with Crippen molar-refractivity contribution in [3.8, 4) is 0 Å². The number of hydrogen-bond donors (Lipinski definition) is 0. The Bertz CT molecular complexity index is 1040. The van der Waals surface area contributed by atoms with Gasteiger partial charge in [0.15, 0.2) is 6.61 Å². The average Bonchev–Trinajstić information content (AvgIpc) is 3.35. The van der Waals surface area contributed by atoms with E-state index in [1.165, 1.54) is 10.4 Å². The molecule has 6 heteroatoms. The molecule has 1 aliphatic heterocycles. The Kier molecular flexibility index (Phi) is 5.53. The minimum atomic E-state index is -0.443. The van der Waals surface area contributed by atoms with Crippen LogP contribution in [-0.4, -0.2) is 34.5 Å². The van der Waals surface area contributed by atoms with E-state index in [1.54, 1.807) is 16.2 Å². The van der Waals surface area contributed by atoms with Gasteiger partial charge in [0.05, 0.1) is 12.1 Å². The Labute approximate surface area is 174 Å². The first-order valence-electron chi connectivity index (χ1n) is 9.73. The second-order valence-electron chi connectivity index (χ2n) is 7.36. The van der Waals surface area contributed by atoms with E-state index in [9.17, 15) is 9.59 Å². The molecule has 0 N–H and O–H groups in total. The molecule has 0 radical (unpaired) electrons. The van der Waals surface area contributed by atoms with Gasteiger partial charge in [0.25, 0.3) is 5.91 Å². The number of nitrogens with zero attached hydrogens (tertiary/aromatic N) is 2. The quantitative estimate of drug-likeness (QED) is 0.601. The van der Waals surface area contributed by atoms with E-state index < -0.39 is 5.97 Å². The number of benzene rings is 1. The fraction of sp³-hybridized carbons (Fsp3) is 0.304. The third-order valence-corrected chi connectivity index (χ3v) is 6.36. The first-order chi connectivity index (χ1) is 14.0. The minimum absolute atomic E-state index is 0.153. The Balaban J connectivity index is 1.38. The van der Waals surface area contributed by atoms with Crippen LogP contribution in [0.5, 0.6) is 0 Å². The van der Waals surface area contributed by atoms with Gasteiger partial charge in [-0.05, 0) is 48.9 Å². The smallest absolute Gasteiger partial charge is 0.340 e. The third-order valence-electron chi connectivity index (χ3n) is 5.50. The topological polar surface area (TPSA) is 51.5 Å². The zero-order valence-corrected chi connectivity index (χ0v) is 17.5. The highest BCUT2D eigenvalue weighted by molar-refractivity contribution is 7.09. The molecule has 29 heavy (non-hydrogen) atoms. The number of aromatic nitrogens is 1. The maximum Gasteiger partial charge on any atom is 0.340 e. The summed E-state index contributed by atoms with van der Waals surface area (Å²) in [6, 6.07) is 14.1. The molecule has 3 heterocycles. The first kappa shape index (κ1) is 19.5. The van der Waals surface area contributed by atoms with Gasteiger partial charge in [-0.15, -0.1) is 11.3 Å². The molecule has 5 nitrogen and oxygen atoms in total. The van der Waals surface area contributed by atoms with Crippen molar-refractivity contribution >= 4 is 23.2 Å². The van der Waals surface area contributed by atoms with Crippen LogP contribution in [-0.2, 0) is 29.0 Å². The highest BCUT2D eigenvalue weighted by Crippen LogP contribution is 2.21. The number of carbonyl (C=O) groups is 2. The van der Waals surface area contributed by atoms with E-state index in [-0.39, 0.29) is 12.5 Å². The monoisotopic (exact) mass is 408 g/mol. The van der Waals surface area contributed by atoms with E-state index in [1.807, 2.05) is 49.6 Å². The fourth-order valence-electron chi connectivity index (χ4n) is 3.81. The Morgan fingerprint density at radius 3 is 2.66 bits per heavy atom. The van der Waals surface area contributed by atoms with Crippen molar-refractivity contribution in [1.29, 1.82) is 0 Å². The van der Waals surface area contributed by atoms with Crippen molar-refractivity contribution in [2.45, 2.75) is 33.4 Å². The molecular formula is C23H24N2O3S. The molecule has 3 aromatic rings. The number of carbonyl (C=O) groups excluding carboxylic acids is 2. The standard InChI is InChI=1S/C23H24N2O3S/c1-16-12-21(17(2)25(16)14-20-8-5-11-29-20)23(27)28-15-22(26)24-10-9-18-6-3-4-7-19(18)13-24/h3-8,11-12H,9-10,13-15H2,1-2H3. The zero-order valence-electron chi connectivity index (χ0n) is 16.7. The van der Waals surface area contributed by atoms with Crippen molar-refractivity contribution in [1.82, 2.24) is 9.47 Å². The number of esters is 1. The van der Waals surface area contributed by atoms with E-state index >= 15 is 0 Å². The maximum absolute atomic E-state index is 12.6. The number of aryl methyl sites for hydroxylation is 1. The second-order valence-corrected chi connectivity index (χ2v) is 8.39. The zero-order chi connectivity index (χ0) is 20.4. The molecule has 0 unspecified atom stereocenters. The molecule has 0 atom stereocenters. The van der Waals surface area contributed by atoms with Crippen molar-refractivity contribution in [2.24, 2.45) is 0 Å². The van der Waals surface area contributed by atoms with Gasteiger partial charge in [0.2, 0.25) is 0 Å². The lowest BCUT2D eigenvalue weighted by Crippen LogP contribution is -2.38. The molecule has 1 aromatic carbocycles. The normalized spacial score (nSPS) is 13.2. The predicted molar refractivity (Wildman–Crippen MR) is 113 cm³/mol. The molecule has 0 fully saturated rings. The largest absolute Gasteiger partial charge is 0.452 e. The average molecular weight is 409 g/mol. The molecular weight excluding hydrogens is 384 g/mol. The van der Waals surface area contributed by atoms with E-state index in [0.29, 0.717) is 18.7 Å². The highest BCUT2D eigenvalue weighted by Gasteiger charge is 2.23. The summed E-state index contributed by atoms with van der Waals surface area (Å²) in [5.74, 6) is -0.596. The molecule has 4 rings (SSSR count). The molecule has 2 aromatic heterocycles. The van der Waals surface area contributed by atoms with Gasteiger partial charge in [0, 0.05) is 29.4 Å². The van der Waals surface area contributed by atoms with E-state index in [4.69, 9.17) is 4.74 Å². The van der Waals surface area contributed by atoms with Gasteiger partial charge in [-0.1, -0.05) is 30.3 Å². The predicted octanol–water partition coefficient (Wildman–Crippen LogP) is 3.96. The van der Waals surface area contributed by atoms with Crippen LogP contribution < -0.4 is 0 Å². The van der Waals surface area contributed by atoms with Gasteiger partial charge >= 0.3 is 5.97 Å². The summed E-state index contributed by atoms with van der Waals surface area (Å²) < 4.78 is 7.48. The molecule has 0 saturated carbocycles. The van der Waals surface area contributed by atoms with Crippen LogP contribution in [0.3, 0.4) is 0 Å². The number of rotatable bonds is 5. The van der Waals surface area contributed by atoms with Crippen LogP contribution in [0.1, 0.15) is 37.7 Å². The Morgan fingerprint density at radius 1 is 1.10 bits per heavy atom. The second kappa shape index (κ2) is 8.25. The van der Waals surface area contributed by atoms with Gasteiger partial charge < -0.3 is 14.2 Å². The molecule has 0 saturated heterocycles. The summed E-state index contributed by atoms with van der Waals surface area (Å²) in [6.45, 7) is 5.63. The number of fused-ring (bicyclic) bond motifs is 1. The summed E-state index contributed by atoms with van der Waals surface area (Å²) in [7, 11) is 0. The number of hydrogen-bond acceptors (Lipinski definition) is 4. The first-order valence-corrected chi connectivity index (χ1v) is 10.6. The lowest BCUT2D eigenvalue weighted by molar-refractivity contribution is -0.135. The highest BCUT2D eigenvalue weighted by atomic mass is 32.1. The molecule has 1 amide bonds. The molecule has 1 aliphatic rings. The SMILES string of the molecule is Cc1cc(C(=O)OCC(=O)N2CCc3ccccc3C2)c(C)n1Cc1cccs1. The van der Waals surface area contributed by atoms with Crippen molar-refractivity contribution < 1.29 is 14.3 Å². The van der Waals surface area contributed by atoms with Gasteiger partial charge in [-0.25, -0.2) is 4.79 Å². The lowest BCUT2D eigenvalue weighted by atomic mass is 10.00. The van der Waals surface area contributed by atoms with E-state index in [2.05, 4.69) is 16.7 Å². The van der Waals surface area contributed by atoms with Crippen LogP contribution in [0.2, 0.25) is 0 Å². The Morgan fingerprint density at radius 2 is 1.90 bits per heavy atom. The lowest BCUT2D eigenvalue weighted by Gasteiger charge is -2.28. The maximum atomic E-state index is 12.6. The van der Waals surface area contributed by atoms with Crippen molar-refractivity contribution in [3.05, 3.63) is 80.8 Å². The number of amides is 1. The van der Waals surface area contributed by atoms with Crippen LogP contribution in [0.4, 0.5) is 0 Å². The van der Waals surface area contributed by atoms with Crippen LogP contribution >= 0.6 is 11.3 Å². The molecule has 0 spiro atoms. The fourth-order valence-corrected chi connectivity index (χ4v) is 4.51. The summed E-state index contributed by atoms with van der Waals surface area (Å²) in [6.07, 6.45) is 0.833. The minimum Gasteiger partial charge on any atom is -0.452 e. The van der Waals surface area contributed by atoms with Gasteiger partial charge in [-0.2, -0.15) is 0 Å². The summed E-state index contributed by atoms with van der Waals surface area (Å²) in [4.78, 5) is 28.2. The van der Waals surface area contributed by atoms with E-state index in [0.717, 1.165) is 29.9 Å². The molecule has 150 valence electrons. The third kappa shape index (κ3) is 4.12.